The number of aryl methyl sites for hydroxylation is 1. The summed E-state index contributed by atoms with van der Waals surface area (Å²) in [6.07, 6.45) is 3.62. The number of aromatic amines is 1. The minimum atomic E-state index is -0.0958. The number of H-pyrrole nitrogens is 1. The van der Waals surface area contributed by atoms with Crippen LogP contribution in [0.5, 0.6) is 0 Å². The summed E-state index contributed by atoms with van der Waals surface area (Å²) < 4.78 is 5.20. The van der Waals surface area contributed by atoms with E-state index in [1.165, 1.54) is 0 Å². The fraction of sp³-hybridized carbons (Fsp3) is 0.158. The molecule has 4 aromatic rings. The van der Waals surface area contributed by atoms with Gasteiger partial charge in [-0.25, -0.2) is 0 Å². The highest BCUT2D eigenvalue weighted by Gasteiger charge is 2.14. The number of hydrogen-bond acceptors (Lipinski definition) is 5. The molecular formula is C19H17N5O2. The van der Waals surface area contributed by atoms with Gasteiger partial charge < -0.3 is 14.8 Å². The molecule has 2 N–H and O–H groups in total. The van der Waals surface area contributed by atoms with Crippen LogP contribution in [-0.2, 0) is 17.8 Å². The first-order valence-electron chi connectivity index (χ1n) is 8.26. The fourth-order valence-corrected chi connectivity index (χ4v) is 2.90. The van der Waals surface area contributed by atoms with Crippen LogP contribution in [0.2, 0.25) is 0 Å². The number of carbonyl (C=O) groups is 1. The number of carbonyl (C=O) groups excluding carboxylic acids is 1. The lowest BCUT2D eigenvalue weighted by molar-refractivity contribution is -0.120. The lowest BCUT2D eigenvalue weighted by Gasteiger charge is -2.03. The molecule has 0 atom stereocenters. The normalized spacial score (nSPS) is 11.0. The third-order valence-electron chi connectivity index (χ3n) is 4.21. The maximum Gasteiger partial charge on any atom is 0.246 e. The Morgan fingerprint density at radius 3 is 2.85 bits per heavy atom. The summed E-state index contributed by atoms with van der Waals surface area (Å²) in [7, 11) is 0. The zero-order valence-corrected chi connectivity index (χ0v) is 14.2. The molecule has 0 unspecified atom stereocenters. The molecule has 26 heavy (non-hydrogen) atoms. The highest BCUT2D eigenvalue weighted by atomic mass is 16.5. The lowest BCUT2D eigenvalue weighted by Crippen LogP contribution is -2.24. The van der Waals surface area contributed by atoms with Crippen LogP contribution in [0.1, 0.15) is 17.1 Å². The third-order valence-corrected chi connectivity index (χ3v) is 4.21. The molecule has 130 valence electrons. The van der Waals surface area contributed by atoms with Crippen LogP contribution >= 0.6 is 0 Å². The van der Waals surface area contributed by atoms with Crippen LogP contribution in [0.25, 0.3) is 22.3 Å². The first-order valence-corrected chi connectivity index (χ1v) is 8.26. The van der Waals surface area contributed by atoms with E-state index < -0.39 is 0 Å². The maximum atomic E-state index is 12.3. The Morgan fingerprint density at radius 1 is 1.19 bits per heavy atom. The van der Waals surface area contributed by atoms with Gasteiger partial charge in [-0.1, -0.05) is 23.4 Å². The Kier molecular flexibility index (Phi) is 4.18. The number of rotatable bonds is 5. The van der Waals surface area contributed by atoms with Gasteiger partial charge in [-0.2, -0.15) is 4.98 Å². The van der Waals surface area contributed by atoms with Crippen LogP contribution in [0.15, 0.2) is 53.3 Å². The van der Waals surface area contributed by atoms with Gasteiger partial charge in [0, 0.05) is 34.6 Å². The molecular weight excluding hydrogens is 330 g/mol. The molecule has 7 heteroatoms. The van der Waals surface area contributed by atoms with Gasteiger partial charge in [-0.15, -0.1) is 0 Å². The summed E-state index contributed by atoms with van der Waals surface area (Å²) in [5, 5.41) is 7.82. The van der Waals surface area contributed by atoms with Crippen LogP contribution < -0.4 is 5.32 Å². The first-order chi connectivity index (χ1) is 12.7. The van der Waals surface area contributed by atoms with Crippen molar-refractivity contribution in [2.75, 3.05) is 0 Å². The highest BCUT2D eigenvalue weighted by molar-refractivity contribution is 5.90. The van der Waals surface area contributed by atoms with Crippen molar-refractivity contribution in [3.05, 3.63) is 65.9 Å². The van der Waals surface area contributed by atoms with Crippen LogP contribution in [0.3, 0.4) is 0 Å². The van der Waals surface area contributed by atoms with Crippen molar-refractivity contribution >= 4 is 16.8 Å². The molecule has 0 spiro atoms. The standard InChI is InChI=1S/C19H17N5O2/c1-12-15(14-4-2-3-5-16(14)22-12)10-17(25)21-11-18-23-19(24-26-18)13-6-8-20-9-7-13/h2-9,22H,10-11H2,1H3,(H,21,25). The molecule has 0 aliphatic rings. The quantitative estimate of drug-likeness (QED) is 0.579. The molecule has 0 aliphatic carbocycles. The van der Waals surface area contributed by atoms with Gasteiger partial charge >= 0.3 is 0 Å². The molecule has 0 saturated heterocycles. The molecule has 0 bridgehead atoms. The van der Waals surface area contributed by atoms with Crippen molar-refractivity contribution in [1.29, 1.82) is 0 Å². The van der Waals surface area contributed by atoms with Gasteiger partial charge in [0.05, 0.1) is 13.0 Å². The fourth-order valence-electron chi connectivity index (χ4n) is 2.90. The molecule has 4 rings (SSSR count). The van der Waals surface area contributed by atoms with E-state index in [4.69, 9.17) is 4.52 Å². The molecule has 0 radical (unpaired) electrons. The Hall–Kier alpha value is -3.48. The molecule has 0 aliphatic heterocycles. The summed E-state index contributed by atoms with van der Waals surface area (Å²) in [6, 6.07) is 11.6. The molecule has 1 aromatic carbocycles. The predicted octanol–water partition coefficient (Wildman–Crippen LogP) is 2.78. The van der Waals surface area contributed by atoms with E-state index in [-0.39, 0.29) is 12.5 Å². The van der Waals surface area contributed by atoms with E-state index >= 15 is 0 Å². The molecule has 7 nitrogen and oxygen atoms in total. The topological polar surface area (TPSA) is 96.7 Å². The molecule has 0 fully saturated rings. The van der Waals surface area contributed by atoms with Gasteiger partial charge in [0.25, 0.3) is 0 Å². The molecule has 3 heterocycles. The Morgan fingerprint density at radius 2 is 2.00 bits per heavy atom. The van der Waals surface area contributed by atoms with E-state index in [1.807, 2.05) is 31.2 Å². The minimum Gasteiger partial charge on any atom is -0.358 e. The number of pyridine rings is 1. The number of nitrogens with one attached hydrogen (secondary N) is 2. The number of fused-ring (bicyclic) bond motifs is 1. The smallest absolute Gasteiger partial charge is 0.246 e. The number of aromatic nitrogens is 4. The predicted molar refractivity (Wildman–Crippen MR) is 96.1 cm³/mol. The van der Waals surface area contributed by atoms with E-state index in [2.05, 4.69) is 25.4 Å². The molecule has 3 aromatic heterocycles. The highest BCUT2D eigenvalue weighted by Crippen LogP contribution is 2.22. The van der Waals surface area contributed by atoms with Crippen LogP contribution in [0.4, 0.5) is 0 Å². The summed E-state index contributed by atoms with van der Waals surface area (Å²) in [4.78, 5) is 23.9. The zero-order valence-electron chi connectivity index (χ0n) is 14.2. The number of para-hydroxylation sites is 1. The summed E-state index contributed by atoms with van der Waals surface area (Å²) in [5.41, 5.74) is 3.85. The summed E-state index contributed by atoms with van der Waals surface area (Å²) in [5.74, 6) is 0.742. The van der Waals surface area contributed by atoms with Gasteiger partial charge in [0.15, 0.2) is 0 Å². The number of nitrogens with zero attached hydrogens (tertiary/aromatic N) is 3. The second-order valence-corrected chi connectivity index (χ2v) is 5.98. The first kappa shape index (κ1) is 16.0. The van der Waals surface area contributed by atoms with Gasteiger partial charge in [0.1, 0.15) is 0 Å². The molecule has 1 amide bonds. The van der Waals surface area contributed by atoms with Gasteiger partial charge in [-0.05, 0) is 30.7 Å². The van der Waals surface area contributed by atoms with E-state index in [0.717, 1.165) is 27.7 Å². The van der Waals surface area contributed by atoms with Crippen molar-refractivity contribution in [3.63, 3.8) is 0 Å². The number of hydrogen-bond donors (Lipinski definition) is 2. The van der Waals surface area contributed by atoms with Gasteiger partial charge in [-0.3, -0.25) is 9.78 Å². The maximum absolute atomic E-state index is 12.3. The van der Waals surface area contributed by atoms with E-state index in [1.54, 1.807) is 24.5 Å². The van der Waals surface area contributed by atoms with E-state index in [0.29, 0.717) is 18.1 Å². The zero-order chi connectivity index (χ0) is 17.9. The number of amides is 1. The van der Waals surface area contributed by atoms with Crippen LogP contribution in [-0.4, -0.2) is 26.0 Å². The second-order valence-electron chi connectivity index (χ2n) is 5.98. The lowest BCUT2D eigenvalue weighted by atomic mass is 10.1. The Labute approximate surface area is 149 Å². The molecule has 0 saturated carbocycles. The minimum absolute atomic E-state index is 0.0958. The Bertz CT molecular complexity index is 1050. The average Bonchev–Trinajstić information content (AvgIpc) is 3.26. The van der Waals surface area contributed by atoms with Crippen molar-refractivity contribution in [2.24, 2.45) is 0 Å². The van der Waals surface area contributed by atoms with Crippen molar-refractivity contribution in [1.82, 2.24) is 25.4 Å². The van der Waals surface area contributed by atoms with Crippen molar-refractivity contribution < 1.29 is 9.32 Å². The van der Waals surface area contributed by atoms with Crippen molar-refractivity contribution in [2.45, 2.75) is 19.9 Å². The Balaban J connectivity index is 1.41. The third kappa shape index (κ3) is 3.19. The average molecular weight is 347 g/mol. The van der Waals surface area contributed by atoms with E-state index in [9.17, 15) is 4.79 Å². The summed E-state index contributed by atoms with van der Waals surface area (Å²) >= 11 is 0. The van der Waals surface area contributed by atoms with Crippen molar-refractivity contribution in [3.8, 4) is 11.4 Å². The second kappa shape index (κ2) is 6.79. The monoisotopic (exact) mass is 347 g/mol. The van der Waals surface area contributed by atoms with Crippen LogP contribution in [0, 0.1) is 6.92 Å². The summed E-state index contributed by atoms with van der Waals surface area (Å²) in [6.45, 7) is 2.17. The largest absolute Gasteiger partial charge is 0.358 e. The SMILES string of the molecule is Cc1[nH]c2ccccc2c1CC(=O)NCc1nc(-c2ccncc2)no1. The number of benzene rings is 1. The van der Waals surface area contributed by atoms with Gasteiger partial charge in [0.2, 0.25) is 17.6 Å².